The molecule has 0 amide bonds. The Morgan fingerprint density at radius 2 is 1.34 bits per heavy atom. The van der Waals surface area contributed by atoms with E-state index in [2.05, 4.69) is 13.5 Å². The van der Waals surface area contributed by atoms with Gasteiger partial charge in [0.1, 0.15) is 0 Å². The van der Waals surface area contributed by atoms with E-state index in [9.17, 15) is 22.4 Å². The molecule has 2 saturated carbocycles. The number of carbonyl (C=O) groups excluding carboxylic acids is 1. The van der Waals surface area contributed by atoms with Crippen molar-refractivity contribution in [3.8, 4) is 11.5 Å². The minimum atomic E-state index is -1.13. The molecule has 0 unspecified atom stereocenters. The van der Waals surface area contributed by atoms with Crippen molar-refractivity contribution in [2.75, 3.05) is 6.61 Å². The summed E-state index contributed by atoms with van der Waals surface area (Å²) in [5, 5.41) is 0. The minimum Gasteiger partial charge on any atom is -0.490 e. The van der Waals surface area contributed by atoms with Crippen LogP contribution in [0.2, 0.25) is 0 Å². The number of unbranched alkanes of at least 4 members (excludes halogenated alkanes) is 1. The third-order valence-corrected chi connectivity index (χ3v) is 8.13. The van der Waals surface area contributed by atoms with Gasteiger partial charge in [-0.2, -0.15) is 8.78 Å². The average molecular weight is 533 g/mol. The van der Waals surface area contributed by atoms with Crippen molar-refractivity contribution >= 4 is 5.97 Å². The fourth-order valence-electron chi connectivity index (χ4n) is 5.73. The zero-order valence-corrected chi connectivity index (χ0v) is 21.9. The third kappa shape index (κ3) is 6.41. The second kappa shape index (κ2) is 12.8. The van der Waals surface area contributed by atoms with Gasteiger partial charge in [0.25, 0.3) is 0 Å². The van der Waals surface area contributed by atoms with Crippen molar-refractivity contribution in [3.05, 3.63) is 71.3 Å². The highest BCUT2D eigenvalue weighted by molar-refractivity contribution is 5.75. The molecule has 0 spiro atoms. The van der Waals surface area contributed by atoms with Crippen LogP contribution in [0, 0.1) is 35.1 Å². The first-order chi connectivity index (χ1) is 18.3. The highest BCUT2D eigenvalue weighted by Gasteiger charge is 2.32. The highest BCUT2D eigenvalue weighted by Crippen LogP contribution is 2.41. The molecular formula is C31H36F4O3. The fourth-order valence-corrected chi connectivity index (χ4v) is 5.73. The van der Waals surface area contributed by atoms with Gasteiger partial charge in [0.05, 0.1) is 12.5 Å². The summed E-state index contributed by atoms with van der Waals surface area (Å²) in [5.41, 5.74) is 0.603. The number of esters is 1. The number of carbonyl (C=O) groups is 1. The zero-order chi connectivity index (χ0) is 27.2. The van der Waals surface area contributed by atoms with Gasteiger partial charge >= 0.3 is 5.97 Å². The molecule has 7 heteroatoms. The van der Waals surface area contributed by atoms with Gasteiger partial charge in [-0.3, -0.25) is 4.79 Å². The van der Waals surface area contributed by atoms with Gasteiger partial charge in [-0.15, -0.1) is 6.58 Å². The third-order valence-electron chi connectivity index (χ3n) is 8.13. The van der Waals surface area contributed by atoms with Crippen LogP contribution >= 0.6 is 0 Å². The van der Waals surface area contributed by atoms with Gasteiger partial charge < -0.3 is 9.47 Å². The summed E-state index contributed by atoms with van der Waals surface area (Å²) in [6.45, 7) is 6.04. The fraction of sp³-hybridized carbons (Fsp3) is 0.516. The first-order valence-electron chi connectivity index (χ1n) is 13.7. The van der Waals surface area contributed by atoms with Gasteiger partial charge in [0.15, 0.2) is 23.1 Å². The van der Waals surface area contributed by atoms with Crippen molar-refractivity contribution in [1.29, 1.82) is 0 Å². The van der Waals surface area contributed by atoms with Crippen molar-refractivity contribution in [3.63, 3.8) is 0 Å². The highest BCUT2D eigenvalue weighted by atomic mass is 19.2. The van der Waals surface area contributed by atoms with Crippen LogP contribution in [0.1, 0.15) is 94.1 Å². The van der Waals surface area contributed by atoms with Gasteiger partial charge in [0, 0.05) is 0 Å². The summed E-state index contributed by atoms with van der Waals surface area (Å²) in [4.78, 5) is 12.7. The quantitative estimate of drug-likeness (QED) is 0.106. The normalized spacial score (nSPS) is 23.6. The predicted molar refractivity (Wildman–Crippen MR) is 138 cm³/mol. The minimum absolute atomic E-state index is 0.0242. The zero-order valence-electron chi connectivity index (χ0n) is 21.9. The molecular weight excluding hydrogens is 496 g/mol. The topological polar surface area (TPSA) is 35.5 Å². The number of hydrogen-bond donors (Lipinski definition) is 0. The predicted octanol–water partition coefficient (Wildman–Crippen LogP) is 8.76. The Bertz CT molecular complexity index is 1130. The van der Waals surface area contributed by atoms with Gasteiger partial charge in [-0.05, 0) is 92.4 Å². The lowest BCUT2D eigenvalue weighted by atomic mass is 9.78. The van der Waals surface area contributed by atoms with Crippen molar-refractivity contribution < 1.29 is 31.8 Å². The van der Waals surface area contributed by atoms with Crippen molar-refractivity contribution in [2.24, 2.45) is 11.8 Å². The molecule has 0 bridgehead atoms. The molecule has 0 saturated heterocycles. The van der Waals surface area contributed by atoms with E-state index in [-0.39, 0.29) is 29.8 Å². The molecule has 3 nitrogen and oxygen atoms in total. The van der Waals surface area contributed by atoms with E-state index in [1.807, 2.05) is 0 Å². The first-order valence-corrected chi connectivity index (χ1v) is 13.7. The summed E-state index contributed by atoms with van der Waals surface area (Å²) in [6.07, 6.45) is 8.37. The average Bonchev–Trinajstić information content (AvgIpc) is 2.92. The molecule has 2 aliphatic rings. The van der Waals surface area contributed by atoms with E-state index in [1.165, 1.54) is 24.3 Å². The Labute approximate surface area is 222 Å². The first kappa shape index (κ1) is 28.2. The van der Waals surface area contributed by atoms with E-state index >= 15 is 0 Å². The molecule has 0 heterocycles. The lowest BCUT2D eigenvalue weighted by Gasteiger charge is -2.28. The number of ether oxygens (including phenoxy) is 2. The largest absolute Gasteiger partial charge is 0.490 e. The molecule has 0 radical (unpaired) electrons. The van der Waals surface area contributed by atoms with Gasteiger partial charge in [-0.25, -0.2) is 8.78 Å². The molecule has 0 N–H and O–H groups in total. The monoisotopic (exact) mass is 532 g/mol. The van der Waals surface area contributed by atoms with Crippen LogP contribution in [0.25, 0.3) is 0 Å². The number of hydrogen-bond acceptors (Lipinski definition) is 3. The standard InChI is InChI=1S/C31H36F4O3/c1-3-4-5-18-37-25-16-14-23(27(32)29(25)34)21-10-12-22(13-11-21)31(36)38-26-17-15-24(28(33)30(26)35)20-8-6-19(2)7-9-20/h3,14-17,19-22H,1,4-13,18H2,2H3. The maximum atomic E-state index is 14.8. The van der Waals surface area contributed by atoms with Crippen LogP contribution in [-0.2, 0) is 4.79 Å². The SMILES string of the molecule is C=CCCCOc1ccc(C2CCC(C(=O)Oc3ccc(C4CCC(C)CC4)c(F)c3F)CC2)c(F)c1F. The van der Waals surface area contributed by atoms with Gasteiger partial charge in [0.2, 0.25) is 11.6 Å². The molecule has 4 rings (SSSR count). The van der Waals surface area contributed by atoms with E-state index < -0.39 is 40.9 Å². The van der Waals surface area contributed by atoms with Crippen LogP contribution in [0.5, 0.6) is 11.5 Å². The summed E-state index contributed by atoms with van der Waals surface area (Å²) < 4.78 is 69.6. The van der Waals surface area contributed by atoms with Crippen LogP contribution in [-0.4, -0.2) is 12.6 Å². The van der Waals surface area contributed by atoms with Crippen LogP contribution in [0.4, 0.5) is 17.6 Å². The second-order valence-corrected chi connectivity index (χ2v) is 10.8. The second-order valence-electron chi connectivity index (χ2n) is 10.8. The Balaban J connectivity index is 1.33. The molecule has 0 aromatic heterocycles. The summed E-state index contributed by atoms with van der Waals surface area (Å²) >= 11 is 0. The Morgan fingerprint density at radius 1 is 0.816 bits per heavy atom. The number of allylic oxidation sites excluding steroid dienone is 1. The Morgan fingerprint density at radius 3 is 1.92 bits per heavy atom. The number of benzene rings is 2. The molecule has 38 heavy (non-hydrogen) atoms. The maximum Gasteiger partial charge on any atom is 0.314 e. The van der Waals surface area contributed by atoms with Gasteiger partial charge in [-0.1, -0.05) is 38.0 Å². The van der Waals surface area contributed by atoms with E-state index in [0.717, 1.165) is 32.1 Å². The Hall–Kier alpha value is -2.83. The summed E-state index contributed by atoms with van der Waals surface area (Å²) in [5.74, 6) is -5.37. The lowest BCUT2D eigenvalue weighted by Crippen LogP contribution is -2.26. The molecule has 2 aliphatic carbocycles. The van der Waals surface area contributed by atoms with E-state index in [1.54, 1.807) is 6.08 Å². The number of rotatable bonds is 9. The molecule has 2 aromatic carbocycles. The van der Waals surface area contributed by atoms with Crippen LogP contribution in [0.15, 0.2) is 36.9 Å². The van der Waals surface area contributed by atoms with Crippen LogP contribution < -0.4 is 9.47 Å². The lowest BCUT2D eigenvalue weighted by molar-refractivity contribution is -0.140. The Kier molecular flexibility index (Phi) is 9.50. The maximum absolute atomic E-state index is 14.8. The smallest absolute Gasteiger partial charge is 0.314 e. The molecule has 206 valence electrons. The van der Waals surface area contributed by atoms with E-state index in [0.29, 0.717) is 43.6 Å². The summed E-state index contributed by atoms with van der Waals surface area (Å²) in [6, 6.07) is 5.85. The molecule has 0 aliphatic heterocycles. The molecule has 2 fully saturated rings. The van der Waals surface area contributed by atoms with Crippen molar-refractivity contribution in [2.45, 2.75) is 83.0 Å². The summed E-state index contributed by atoms with van der Waals surface area (Å²) in [7, 11) is 0. The molecule has 0 atom stereocenters. The number of halogens is 4. The van der Waals surface area contributed by atoms with Crippen molar-refractivity contribution in [1.82, 2.24) is 0 Å². The molecule has 2 aromatic rings. The van der Waals surface area contributed by atoms with Crippen LogP contribution in [0.3, 0.4) is 0 Å². The van der Waals surface area contributed by atoms with E-state index in [4.69, 9.17) is 9.47 Å².